The largest absolute Gasteiger partial charge is 0.309 e. The molecule has 6 nitrogen and oxygen atoms in total. The molecule has 0 N–H and O–H groups in total. The van der Waals surface area contributed by atoms with Crippen molar-refractivity contribution in [2.45, 2.75) is 25.7 Å². The molecule has 4 rings (SSSR count). The number of fused-ring (bicyclic) bond motifs is 1. The van der Waals surface area contributed by atoms with Crippen molar-refractivity contribution in [3.63, 3.8) is 0 Å². The van der Waals surface area contributed by atoms with Gasteiger partial charge in [0, 0.05) is 48.3 Å². The summed E-state index contributed by atoms with van der Waals surface area (Å²) < 4.78 is 1.85. The Morgan fingerprint density at radius 1 is 1.06 bits per heavy atom. The number of rotatable bonds is 8. The van der Waals surface area contributed by atoms with Gasteiger partial charge in [0.1, 0.15) is 5.78 Å². The molecule has 0 aliphatic carbocycles. The van der Waals surface area contributed by atoms with E-state index in [4.69, 9.17) is 0 Å². The van der Waals surface area contributed by atoms with Crippen LogP contribution in [0.15, 0.2) is 67.1 Å². The Morgan fingerprint density at radius 2 is 1.87 bits per heavy atom. The molecule has 0 radical (unpaired) electrons. The molecule has 158 valence electrons. The van der Waals surface area contributed by atoms with E-state index >= 15 is 0 Å². The fourth-order valence-electron chi connectivity index (χ4n) is 3.94. The highest BCUT2D eigenvalue weighted by molar-refractivity contribution is 5.84. The number of likely N-dealkylation sites (N-methyl/N-ethyl adjacent to an activating group) is 1. The maximum atomic E-state index is 12.9. The van der Waals surface area contributed by atoms with E-state index in [1.807, 2.05) is 68.3 Å². The Morgan fingerprint density at radius 3 is 2.61 bits per heavy atom. The van der Waals surface area contributed by atoms with Crippen molar-refractivity contribution in [3.8, 4) is 5.69 Å². The van der Waals surface area contributed by atoms with Gasteiger partial charge in [-0.2, -0.15) is 5.10 Å². The second kappa shape index (κ2) is 9.18. The van der Waals surface area contributed by atoms with Crippen LogP contribution in [0.1, 0.15) is 29.3 Å². The van der Waals surface area contributed by atoms with Crippen molar-refractivity contribution in [3.05, 3.63) is 84.1 Å². The summed E-state index contributed by atoms with van der Waals surface area (Å²) in [7, 11) is 4.08. The predicted molar refractivity (Wildman–Crippen MR) is 122 cm³/mol. The van der Waals surface area contributed by atoms with Crippen molar-refractivity contribution in [1.29, 1.82) is 0 Å². The Balaban J connectivity index is 1.51. The molecular weight excluding hydrogens is 386 g/mol. The van der Waals surface area contributed by atoms with E-state index in [9.17, 15) is 4.79 Å². The van der Waals surface area contributed by atoms with E-state index in [-0.39, 0.29) is 11.7 Å². The summed E-state index contributed by atoms with van der Waals surface area (Å²) >= 11 is 0. The molecule has 4 aromatic rings. The highest BCUT2D eigenvalue weighted by Gasteiger charge is 2.18. The summed E-state index contributed by atoms with van der Waals surface area (Å²) in [6.07, 6.45) is 6.22. The summed E-state index contributed by atoms with van der Waals surface area (Å²) in [5, 5.41) is 5.48. The van der Waals surface area contributed by atoms with Crippen molar-refractivity contribution in [2.24, 2.45) is 0 Å². The number of carbonyl (C=O) groups excluding carboxylic acids is 1. The SMILES string of the molecule is Cc1cc(-n2ncc3cc(CC(=O)C[C@H](CN(C)C)c4ccccc4)ncc32)ccn1. The molecule has 0 fully saturated rings. The van der Waals surface area contributed by atoms with Crippen molar-refractivity contribution in [1.82, 2.24) is 24.6 Å². The number of hydrogen-bond acceptors (Lipinski definition) is 5. The first-order chi connectivity index (χ1) is 15.0. The summed E-state index contributed by atoms with van der Waals surface area (Å²) in [5.74, 6) is 0.366. The number of nitrogens with zero attached hydrogens (tertiary/aromatic N) is 5. The average Bonchev–Trinajstić information content (AvgIpc) is 3.17. The fraction of sp³-hybridized carbons (Fsp3) is 0.280. The maximum absolute atomic E-state index is 12.9. The summed E-state index contributed by atoms with van der Waals surface area (Å²) in [4.78, 5) is 23.8. The van der Waals surface area contributed by atoms with Crippen LogP contribution < -0.4 is 0 Å². The topological polar surface area (TPSA) is 63.9 Å². The number of Topliss-reactive ketones (excluding diaryl/α,β-unsaturated/α-hetero) is 1. The van der Waals surface area contributed by atoms with Gasteiger partial charge in [-0.25, -0.2) is 4.68 Å². The van der Waals surface area contributed by atoms with Crippen LogP contribution in [0.5, 0.6) is 0 Å². The fourth-order valence-corrected chi connectivity index (χ4v) is 3.94. The normalized spacial score (nSPS) is 12.4. The van der Waals surface area contributed by atoms with Gasteiger partial charge in [0.05, 0.1) is 23.6 Å². The van der Waals surface area contributed by atoms with Crippen LogP contribution in [0.4, 0.5) is 0 Å². The van der Waals surface area contributed by atoms with E-state index in [0.29, 0.717) is 12.8 Å². The van der Waals surface area contributed by atoms with E-state index < -0.39 is 0 Å². The number of ketones is 1. The van der Waals surface area contributed by atoms with E-state index in [1.54, 1.807) is 12.4 Å². The van der Waals surface area contributed by atoms with Crippen molar-refractivity contribution >= 4 is 16.7 Å². The number of pyridine rings is 2. The highest BCUT2D eigenvalue weighted by atomic mass is 16.1. The van der Waals surface area contributed by atoms with Crippen LogP contribution in [-0.2, 0) is 11.2 Å². The predicted octanol–water partition coefficient (Wildman–Crippen LogP) is 3.97. The lowest BCUT2D eigenvalue weighted by molar-refractivity contribution is -0.118. The second-order valence-corrected chi connectivity index (χ2v) is 8.24. The number of carbonyl (C=O) groups is 1. The minimum atomic E-state index is 0.171. The van der Waals surface area contributed by atoms with Gasteiger partial charge in [0.25, 0.3) is 0 Å². The van der Waals surface area contributed by atoms with Crippen molar-refractivity contribution in [2.75, 3.05) is 20.6 Å². The Hall–Kier alpha value is -3.38. The Labute approximate surface area is 182 Å². The molecule has 3 aromatic heterocycles. The zero-order chi connectivity index (χ0) is 21.8. The molecule has 0 spiro atoms. The van der Waals surface area contributed by atoms with Gasteiger partial charge < -0.3 is 4.90 Å². The number of hydrogen-bond donors (Lipinski definition) is 0. The molecule has 1 aromatic carbocycles. The molecule has 6 heteroatoms. The minimum Gasteiger partial charge on any atom is -0.309 e. The lowest BCUT2D eigenvalue weighted by Crippen LogP contribution is -2.23. The molecule has 3 heterocycles. The first kappa shape index (κ1) is 20.9. The smallest absolute Gasteiger partial charge is 0.139 e. The van der Waals surface area contributed by atoms with Crippen LogP contribution in [-0.4, -0.2) is 51.1 Å². The van der Waals surface area contributed by atoms with Gasteiger partial charge in [-0.15, -0.1) is 0 Å². The van der Waals surface area contributed by atoms with Gasteiger partial charge in [-0.05, 0) is 44.8 Å². The first-order valence-corrected chi connectivity index (χ1v) is 10.5. The monoisotopic (exact) mass is 413 g/mol. The Kier molecular flexibility index (Phi) is 6.18. The molecule has 0 unspecified atom stereocenters. The molecule has 0 aliphatic heterocycles. The number of aromatic nitrogens is 4. The van der Waals surface area contributed by atoms with Crippen LogP contribution in [0.25, 0.3) is 16.6 Å². The van der Waals surface area contributed by atoms with Crippen LogP contribution in [0.2, 0.25) is 0 Å². The molecule has 0 bridgehead atoms. The summed E-state index contributed by atoms with van der Waals surface area (Å²) in [6, 6.07) is 16.1. The lowest BCUT2D eigenvalue weighted by atomic mass is 9.92. The Bertz CT molecular complexity index is 1180. The van der Waals surface area contributed by atoms with Gasteiger partial charge in [-0.1, -0.05) is 30.3 Å². The van der Waals surface area contributed by atoms with E-state index in [0.717, 1.165) is 34.5 Å². The molecule has 0 aliphatic rings. The third kappa shape index (κ3) is 5.03. The summed E-state index contributed by atoms with van der Waals surface area (Å²) in [6.45, 7) is 2.79. The van der Waals surface area contributed by atoms with Gasteiger partial charge in [-0.3, -0.25) is 14.8 Å². The van der Waals surface area contributed by atoms with Gasteiger partial charge in [0.2, 0.25) is 0 Å². The standard InChI is InChI=1S/C25H27N5O/c1-18-11-23(9-10-26-18)30-25-16-27-22(12-20(25)15-28-30)14-24(31)13-21(17-29(2)3)19-7-5-4-6-8-19/h4-12,15-16,21H,13-14,17H2,1-3H3/t21-/m1/s1. The maximum Gasteiger partial charge on any atom is 0.139 e. The second-order valence-electron chi connectivity index (χ2n) is 8.24. The third-order valence-corrected chi connectivity index (χ3v) is 5.34. The molecular formula is C25H27N5O. The molecule has 0 saturated carbocycles. The lowest BCUT2D eigenvalue weighted by Gasteiger charge is -2.21. The van der Waals surface area contributed by atoms with Crippen LogP contribution >= 0.6 is 0 Å². The minimum absolute atomic E-state index is 0.171. The number of benzene rings is 1. The van der Waals surface area contributed by atoms with Crippen LogP contribution in [0, 0.1) is 6.92 Å². The molecule has 1 atom stereocenters. The van der Waals surface area contributed by atoms with Crippen molar-refractivity contribution < 1.29 is 4.79 Å². The van der Waals surface area contributed by atoms with Gasteiger partial charge in [0.15, 0.2) is 0 Å². The highest BCUT2D eigenvalue weighted by Crippen LogP contribution is 2.23. The zero-order valence-corrected chi connectivity index (χ0v) is 18.2. The molecule has 31 heavy (non-hydrogen) atoms. The quantitative estimate of drug-likeness (QED) is 0.437. The van der Waals surface area contributed by atoms with Crippen LogP contribution in [0.3, 0.4) is 0 Å². The van der Waals surface area contributed by atoms with Gasteiger partial charge >= 0.3 is 0 Å². The molecule has 0 saturated heterocycles. The third-order valence-electron chi connectivity index (χ3n) is 5.34. The van der Waals surface area contributed by atoms with E-state index in [2.05, 4.69) is 32.1 Å². The zero-order valence-electron chi connectivity index (χ0n) is 18.2. The summed E-state index contributed by atoms with van der Waals surface area (Å²) in [5.41, 5.74) is 4.77. The molecule has 0 amide bonds. The number of aryl methyl sites for hydroxylation is 1. The first-order valence-electron chi connectivity index (χ1n) is 10.5. The average molecular weight is 414 g/mol. The van der Waals surface area contributed by atoms with E-state index in [1.165, 1.54) is 5.56 Å².